The van der Waals surface area contributed by atoms with Crippen LogP contribution in [0, 0.1) is 17.8 Å². The molecule has 0 saturated heterocycles. The summed E-state index contributed by atoms with van der Waals surface area (Å²) in [7, 11) is -9.93. The fourth-order valence-electron chi connectivity index (χ4n) is 13.2. The molecule has 0 fully saturated rings. The van der Waals surface area contributed by atoms with E-state index in [0.717, 1.165) is 108 Å². The van der Waals surface area contributed by atoms with E-state index in [9.17, 15) is 43.2 Å². The van der Waals surface area contributed by atoms with Gasteiger partial charge in [0.1, 0.15) is 19.3 Å². The van der Waals surface area contributed by atoms with Gasteiger partial charge in [-0.3, -0.25) is 37.3 Å². The van der Waals surface area contributed by atoms with E-state index in [1.165, 1.54) is 257 Å². The molecule has 0 heterocycles. The maximum absolute atomic E-state index is 13.1. The number of carbonyl (C=O) groups excluding carboxylic acids is 4. The molecule has 0 saturated carbocycles. The molecule has 104 heavy (non-hydrogen) atoms. The maximum atomic E-state index is 13.1. The van der Waals surface area contributed by atoms with E-state index in [4.69, 9.17) is 37.0 Å². The number of phosphoric ester groups is 2. The van der Waals surface area contributed by atoms with Crippen LogP contribution in [0.2, 0.25) is 0 Å². The van der Waals surface area contributed by atoms with Crippen LogP contribution in [0.5, 0.6) is 0 Å². The number of ether oxygens (including phenoxy) is 4. The van der Waals surface area contributed by atoms with Crippen molar-refractivity contribution in [2.75, 3.05) is 39.6 Å². The predicted octanol–water partition coefficient (Wildman–Crippen LogP) is 25.7. The first-order valence-electron chi connectivity index (χ1n) is 43.9. The van der Waals surface area contributed by atoms with Crippen molar-refractivity contribution >= 4 is 39.5 Å². The molecule has 3 unspecified atom stereocenters. The summed E-state index contributed by atoms with van der Waals surface area (Å²) >= 11 is 0. The van der Waals surface area contributed by atoms with Gasteiger partial charge < -0.3 is 33.8 Å². The van der Waals surface area contributed by atoms with Crippen LogP contribution >= 0.6 is 15.6 Å². The van der Waals surface area contributed by atoms with Gasteiger partial charge >= 0.3 is 39.5 Å². The fourth-order valence-corrected chi connectivity index (χ4v) is 14.7. The Morgan fingerprint density at radius 3 is 0.731 bits per heavy atom. The topological polar surface area (TPSA) is 237 Å². The molecule has 0 bridgehead atoms. The van der Waals surface area contributed by atoms with Gasteiger partial charge in [-0.2, -0.15) is 0 Å². The lowest BCUT2D eigenvalue weighted by atomic mass is 9.99. The van der Waals surface area contributed by atoms with Crippen LogP contribution < -0.4 is 0 Å². The number of aliphatic hydroxyl groups excluding tert-OH is 1. The summed E-state index contributed by atoms with van der Waals surface area (Å²) in [4.78, 5) is 73.2. The Kier molecular flexibility index (Phi) is 73.7. The first-order valence-corrected chi connectivity index (χ1v) is 46.9. The molecule has 0 amide bonds. The number of aliphatic hydroxyl groups is 1. The van der Waals surface area contributed by atoms with Gasteiger partial charge in [-0.15, -0.1) is 0 Å². The van der Waals surface area contributed by atoms with Crippen LogP contribution in [0.4, 0.5) is 0 Å². The van der Waals surface area contributed by atoms with Gasteiger partial charge in [0.15, 0.2) is 12.2 Å². The highest BCUT2D eigenvalue weighted by molar-refractivity contribution is 7.47. The minimum atomic E-state index is -4.97. The molecule has 0 rings (SSSR count). The summed E-state index contributed by atoms with van der Waals surface area (Å²) in [6.07, 6.45) is 65.1. The Bertz CT molecular complexity index is 2010. The van der Waals surface area contributed by atoms with Crippen LogP contribution in [0.15, 0.2) is 0 Å². The number of carbonyl (C=O) groups is 4. The normalized spacial score (nSPS) is 14.2. The van der Waals surface area contributed by atoms with E-state index < -0.39 is 97.5 Å². The van der Waals surface area contributed by atoms with Crippen LogP contribution in [-0.4, -0.2) is 96.7 Å². The smallest absolute Gasteiger partial charge is 0.462 e. The molecular formula is C85H166O17P2. The summed E-state index contributed by atoms with van der Waals surface area (Å²) in [5.41, 5.74) is 0. The molecule has 0 aliphatic carbocycles. The molecular weight excluding hydrogens is 1350 g/mol. The molecule has 0 aliphatic heterocycles. The zero-order valence-corrected chi connectivity index (χ0v) is 70.3. The SMILES string of the molecule is CCCCCCCCCCCCCCCCCCCCCC(=O)O[C@H](COC(=O)CCCCCCCCCCCCCCCCC(C)C)COP(=O)(O)OC[C@@H](O)COP(=O)(O)OC[C@@H](COC(=O)CCCCCCCCCCC(C)CC)OC(=O)CCCCCCCCCCCCCCCC(C)C. The standard InChI is InChI=1S/C85H166O17P2/c1-8-10-11-12-13-14-15-16-17-18-19-20-21-28-33-38-47-54-61-68-84(89)101-80(72-95-82(87)66-59-52-45-37-32-27-23-22-25-30-35-42-49-56-63-76(3)4)74-99-103(91,92)97-70-79(86)71-98-104(93,94)100-75-81(73-96-83(88)67-60-53-46-41-40-44-51-58-65-78(7)9-2)102-85(90)69-62-55-48-39-34-29-24-26-31-36-43-50-57-64-77(5)6/h76-81,86H,8-75H2,1-7H3,(H,91,92)(H,93,94)/t78?,79-,80-,81-/m1/s1. The van der Waals surface area contributed by atoms with Crippen molar-refractivity contribution in [3.05, 3.63) is 0 Å². The summed E-state index contributed by atoms with van der Waals surface area (Å²) in [6, 6.07) is 0. The first kappa shape index (κ1) is 102. The number of esters is 4. The highest BCUT2D eigenvalue weighted by Gasteiger charge is 2.30. The molecule has 0 aromatic carbocycles. The summed E-state index contributed by atoms with van der Waals surface area (Å²) in [5.74, 6) is 0.258. The fraction of sp³-hybridized carbons (Fsp3) is 0.953. The minimum absolute atomic E-state index is 0.107. The quantitative estimate of drug-likeness (QED) is 0.0222. The molecule has 0 aliphatic rings. The van der Waals surface area contributed by atoms with E-state index in [1.54, 1.807) is 0 Å². The van der Waals surface area contributed by atoms with Crippen molar-refractivity contribution in [1.82, 2.24) is 0 Å². The van der Waals surface area contributed by atoms with Gasteiger partial charge in [0, 0.05) is 25.7 Å². The molecule has 0 radical (unpaired) electrons. The van der Waals surface area contributed by atoms with Gasteiger partial charge in [-0.1, -0.05) is 395 Å². The second-order valence-electron chi connectivity index (χ2n) is 31.8. The second-order valence-corrected chi connectivity index (χ2v) is 34.7. The zero-order chi connectivity index (χ0) is 76.5. The lowest BCUT2D eigenvalue weighted by molar-refractivity contribution is -0.161. The Labute approximate surface area is 638 Å². The lowest BCUT2D eigenvalue weighted by Crippen LogP contribution is -2.30. The van der Waals surface area contributed by atoms with Crippen molar-refractivity contribution in [2.45, 2.75) is 465 Å². The van der Waals surface area contributed by atoms with E-state index in [2.05, 4.69) is 48.5 Å². The van der Waals surface area contributed by atoms with E-state index in [0.29, 0.717) is 25.7 Å². The number of hydrogen-bond donors (Lipinski definition) is 3. The van der Waals surface area contributed by atoms with Crippen LogP contribution in [0.1, 0.15) is 447 Å². The van der Waals surface area contributed by atoms with Crippen LogP contribution in [0.3, 0.4) is 0 Å². The van der Waals surface area contributed by atoms with Crippen molar-refractivity contribution < 1.29 is 80.2 Å². The maximum Gasteiger partial charge on any atom is 0.472 e. The van der Waals surface area contributed by atoms with Gasteiger partial charge in [0.05, 0.1) is 26.4 Å². The second kappa shape index (κ2) is 75.1. The van der Waals surface area contributed by atoms with E-state index >= 15 is 0 Å². The highest BCUT2D eigenvalue weighted by Crippen LogP contribution is 2.45. The Hall–Kier alpha value is -1.94. The third-order valence-corrected chi connectivity index (χ3v) is 22.1. The number of hydrogen-bond acceptors (Lipinski definition) is 15. The number of rotatable bonds is 83. The molecule has 19 heteroatoms. The monoisotopic (exact) mass is 1520 g/mol. The average molecular weight is 1520 g/mol. The number of unbranched alkanes of at least 4 members (excludes halogenated alkanes) is 50. The molecule has 0 spiro atoms. The van der Waals surface area contributed by atoms with Crippen molar-refractivity contribution in [2.24, 2.45) is 17.8 Å². The Morgan fingerprint density at radius 2 is 0.490 bits per heavy atom. The predicted molar refractivity (Wildman–Crippen MR) is 428 cm³/mol. The van der Waals surface area contributed by atoms with Crippen LogP contribution in [0.25, 0.3) is 0 Å². The third-order valence-electron chi connectivity index (χ3n) is 20.2. The summed E-state index contributed by atoms with van der Waals surface area (Å²) in [6.45, 7) is 12.0. The molecule has 0 aromatic heterocycles. The van der Waals surface area contributed by atoms with Crippen molar-refractivity contribution in [3.8, 4) is 0 Å². The van der Waals surface area contributed by atoms with E-state index in [1.807, 2.05) is 0 Å². The molecule has 6 atom stereocenters. The summed E-state index contributed by atoms with van der Waals surface area (Å²) in [5, 5.41) is 10.7. The van der Waals surface area contributed by atoms with Gasteiger partial charge in [-0.25, -0.2) is 9.13 Å². The average Bonchev–Trinajstić information content (AvgIpc) is 1.02. The third kappa shape index (κ3) is 76.8. The zero-order valence-electron chi connectivity index (χ0n) is 68.5. The molecule has 17 nitrogen and oxygen atoms in total. The largest absolute Gasteiger partial charge is 0.472 e. The highest BCUT2D eigenvalue weighted by atomic mass is 31.2. The molecule has 0 aromatic rings. The van der Waals surface area contributed by atoms with Crippen molar-refractivity contribution in [1.29, 1.82) is 0 Å². The Morgan fingerprint density at radius 1 is 0.279 bits per heavy atom. The van der Waals surface area contributed by atoms with E-state index in [-0.39, 0.29) is 25.7 Å². The first-order chi connectivity index (χ1) is 50.3. The number of phosphoric acid groups is 2. The lowest BCUT2D eigenvalue weighted by Gasteiger charge is -2.21. The van der Waals surface area contributed by atoms with Crippen molar-refractivity contribution in [3.63, 3.8) is 0 Å². The van der Waals surface area contributed by atoms with Gasteiger partial charge in [0.25, 0.3) is 0 Å². The Balaban J connectivity index is 5.27. The molecule has 618 valence electrons. The summed E-state index contributed by atoms with van der Waals surface area (Å²) < 4.78 is 68.9. The minimum Gasteiger partial charge on any atom is -0.462 e. The van der Waals surface area contributed by atoms with Gasteiger partial charge in [0.2, 0.25) is 0 Å². The van der Waals surface area contributed by atoms with Crippen LogP contribution in [-0.2, 0) is 65.4 Å². The molecule has 3 N–H and O–H groups in total. The van der Waals surface area contributed by atoms with Gasteiger partial charge in [-0.05, 0) is 43.4 Å².